The van der Waals surface area contributed by atoms with Crippen LogP contribution in [0.25, 0.3) is 0 Å². The first-order valence-electron chi connectivity index (χ1n) is 5.12. The molecule has 0 spiro atoms. The average molecular weight is 240 g/mol. The van der Waals surface area contributed by atoms with Crippen molar-refractivity contribution in [3.05, 3.63) is 24.2 Å². The molecule has 0 saturated heterocycles. The van der Waals surface area contributed by atoms with Crippen molar-refractivity contribution in [1.82, 2.24) is 5.32 Å². The Balaban J connectivity index is 2.42. The molecular weight excluding hydrogens is 224 g/mol. The van der Waals surface area contributed by atoms with Crippen molar-refractivity contribution in [2.45, 2.75) is 26.3 Å². The molecule has 5 heteroatoms. The molecule has 0 aromatic carbocycles. The fourth-order valence-electron chi connectivity index (χ4n) is 1.28. The first-order valence-corrected chi connectivity index (χ1v) is 5.53. The molecule has 4 nitrogen and oxygen atoms in total. The van der Waals surface area contributed by atoms with Gasteiger partial charge in [0.25, 0.3) is 0 Å². The highest BCUT2D eigenvalue weighted by Gasteiger charge is 2.17. The Morgan fingerprint density at radius 2 is 2.31 bits per heavy atom. The van der Waals surface area contributed by atoms with Crippen molar-refractivity contribution in [1.29, 1.82) is 0 Å². The summed E-state index contributed by atoms with van der Waals surface area (Å²) in [5, 5.41) is 2.83. The summed E-state index contributed by atoms with van der Waals surface area (Å²) in [7, 11) is 0. The van der Waals surface area contributed by atoms with Crippen LogP contribution < -0.4 is 11.1 Å². The minimum absolute atomic E-state index is 0.00421. The smallest absolute Gasteiger partial charge is 0.229 e. The maximum atomic E-state index is 11.6. The van der Waals surface area contributed by atoms with Crippen LogP contribution in [0.3, 0.4) is 0 Å². The fourth-order valence-corrected chi connectivity index (χ4v) is 1.39. The number of hydrogen-bond donors (Lipinski definition) is 2. The van der Waals surface area contributed by atoms with E-state index in [1.165, 1.54) is 0 Å². The SMILES string of the molecule is CC(Cc1ccco1)NC(=O)C(C)C(N)=S. The van der Waals surface area contributed by atoms with Gasteiger partial charge in [-0.3, -0.25) is 4.79 Å². The Morgan fingerprint density at radius 3 is 2.81 bits per heavy atom. The number of carbonyl (C=O) groups is 1. The normalized spacial score (nSPS) is 14.1. The van der Waals surface area contributed by atoms with Crippen LogP contribution >= 0.6 is 12.2 Å². The third-order valence-electron chi connectivity index (χ3n) is 2.30. The van der Waals surface area contributed by atoms with Gasteiger partial charge in [0, 0.05) is 12.5 Å². The van der Waals surface area contributed by atoms with Gasteiger partial charge in [0.15, 0.2) is 0 Å². The summed E-state index contributed by atoms with van der Waals surface area (Å²) in [6.07, 6.45) is 2.27. The molecule has 0 aliphatic heterocycles. The van der Waals surface area contributed by atoms with E-state index in [9.17, 15) is 4.79 Å². The Bertz CT molecular complexity index is 362. The summed E-state index contributed by atoms with van der Waals surface area (Å²) >= 11 is 4.76. The zero-order valence-corrected chi connectivity index (χ0v) is 10.2. The van der Waals surface area contributed by atoms with Crippen LogP contribution in [0, 0.1) is 5.92 Å². The monoisotopic (exact) mass is 240 g/mol. The molecule has 0 saturated carbocycles. The Morgan fingerprint density at radius 1 is 1.62 bits per heavy atom. The quantitative estimate of drug-likeness (QED) is 0.760. The molecule has 0 bridgehead atoms. The largest absolute Gasteiger partial charge is 0.469 e. The van der Waals surface area contributed by atoms with Crippen molar-refractivity contribution in [3.8, 4) is 0 Å². The maximum Gasteiger partial charge on any atom is 0.229 e. The number of furan rings is 1. The second kappa shape index (κ2) is 5.65. The summed E-state index contributed by atoms with van der Waals surface area (Å²) in [5.74, 6) is 0.261. The van der Waals surface area contributed by atoms with Gasteiger partial charge in [-0.1, -0.05) is 12.2 Å². The van der Waals surface area contributed by atoms with Crippen molar-refractivity contribution >= 4 is 23.1 Å². The van der Waals surface area contributed by atoms with Crippen LogP contribution in [0.1, 0.15) is 19.6 Å². The second-order valence-electron chi connectivity index (χ2n) is 3.82. The molecule has 0 aliphatic carbocycles. The Labute approximate surface area is 100 Å². The van der Waals surface area contributed by atoms with E-state index >= 15 is 0 Å². The highest BCUT2D eigenvalue weighted by Crippen LogP contribution is 2.05. The van der Waals surface area contributed by atoms with E-state index in [1.54, 1.807) is 13.2 Å². The van der Waals surface area contributed by atoms with Crippen molar-refractivity contribution in [3.63, 3.8) is 0 Å². The first kappa shape index (κ1) is 12.7. The summed E-state index contributed by atoms with van der Waals surface area (Å²) in [6, 6.07) is 3.69. The summed E-state index contributed by atoms with van der Waals surface area (Å²) < 4.78 is 5.19. The summed E-state index contributed by atoms with van der Waals surface area (Å²) in [5.41, 5.74) is 5.40. The zero-order valence-electron chi connectivity index (χ0n) is 9.40. The lowest BCUT2D eigenvalue weighted by Gasteiger charge is -2.15. The topological polar surface area (TPSA) is 68.3 Å². The molecule has 1 amide bonds. The van der Waals surface area contributed by atoms with Crippen LogP contribution in [-0.2, 0) is 11.2 Å². The van der Waals surface area contributed by atoms with Crippen molar-refractivity contribution in [2.24, 2.45) is 11.7 Å². The molecule has 16 heavy (non-hydrogen) atoms. The number of nitrogens with two attached hydrogens (primary N) is 1. The maximum absolute atomic E-state index is 11.6. The van der Waals surface area contributed by atoms with E-state index < -0.39 is 5.92 Å². The average Bonchev–Trinajstić information content (AvgIpc) is 2.68. The van der Waals surface area contributed by atoms with Gasteiger partial charge in [-0.15, -0.1) is 0 Å². The first-order chi connectivity index (χ1) is 7.50. The van der Waals surface area contributed by atoms with Crippen LogP contribution in [0.5, 0.6) is 0 Å². The number of amides is 1. The van der Waals surface area contributed by atoms with E-state index in [2.05, 4.69) is 5.32 Å². The Kier molecular flexibility index (Phi) is 4.49. The minimum Gasteiger partial charge on any atom is -0.469 e. The van der Waals surface area contributed by atoms with Gasteiger partial charge >= 0.3 is 0 Å². The standard InChI is InChI=1S/C11H16N2O2S/c1-7(6-9-4-3-5-15-9)13-11(14)8(2)10(12)16/h3-5,7-8H,6H2,1-2H3,(H2,12,16)(H,13,14). The number of thiocarbonyl (C=S) groups is 1. The van der Waals surface area contributed by atoms with Crippen LogP contribution in [0.4, 0.5) is 0 Å². The van der Waals surface area contributed by atoms with Gasteiger partial charge in [-0.25, -0.2) is 0 Å². The van der Waals surface area contributed by atoms with E-state index in [-0.39, 0.29) is 16.9 Å². The van der Waals surface area contributed by atoms with Gasteiger partial charge in [0.05, 0.1) is 17.2 Å². The highest BCUT2D eigenvalue weighted by molar-refractivity contribution is 7.80. The fraction of sp³-hybridized carbons (Fsp3) is 0.455. The molecule has 1 aromatic rings. The lowest BCUT2D eigenvalue weighted by Crippen LogP contribution is -2.41. The number of rotatable bonds is 5. The van der Waals surface area contributed by atoms with Crippen LogP contribution in [0.2, 0.25) is 0 Å². The summed E-state index contributed by atoms with van der Waals surface area (Å²) in [6.45, 7) is 3.60. The molecule has 1 rings (SSSR count). The molecule has 3 N–H and O–H groups in total. The van der Waals surface area contributed by atoms with E-state index in [1.807, 2.05) is 19.1 Å². The number of carbonyl (C=O) groups excluding carboxylic acids is 1. The molecule has 1 heterocycles. The molecule has 1 aromatic heterocycles. The lowest BCUT2D eigenvalue weighted by atomic mass is 10.1. The molecule has 2 unspecified atom stereocenters. The van der Waals surface area contributed by atoms with Gasteiger partial charge in [-0.05, 0) is 26.0 Å². The third-order valence-corrected chi connectivity index (χ3v) is 2.65. The van der Waals surface area contributed by atoms with Gasteiger partial charge in [0.2, 0.25) is 5.91 Å². The number of nitrogens with one attached hydrogen (secondary N) is 1. The predicted octanol–water partition coefficient (Wildman–Crippen LogP) is 1.25. The minimum atomic E-state index is -0.436. The van der Waals surface area contributed by atoms with Crippen molar-refractivity contribution < 1.29 is 9.21 Å². The summed E-state index contributed by atoms with van der Waals surface area (Å²) in [4.78, 5) is 11.8. The van der Waals surface area contributed by atoms with Gasteiger partial charge < -0.3 is 15.5 Å². The van der Waals surface area contributed by atoms with E-state index in [0.717, 1.165) is 5.76 Å². The molecule has 0 aliphatic rings. The molecular formula is C11H16N2O2S. The van der Waals surface area contributed by atoms with E-state index in [0.29, 0.717) is 6.42 Å². The molecule has 0 fully saturated rings. The Hall–Kier alpha value is -1.36. The zero-order chi connectivity index (χ0) is 12.1. The van der Waals surface area contributed by atoms with Crippen LogP contribution in [0.15, 0.2) is 22.8 Å². The highest BCUT2D eigenvalue weighted by atomic mass is 32.1. The predicted molar refractivity (Wildman–Crippen MR) is 66.0 cm³/mol. The molecule has 0 radical (unpaired) electrons. The molecule has 88 valence electrons. The third kappa shape index (κ3) is 3.66. The van der Waals surface area contributed by atoms with Crippen molar-refractivity contribution in [2.75, 3.05) is 0 Å². The lowest BCUT2D eigenvalue weighted by molar-refractivity contribution is -0.123. The number of hydrogen-bond acceptors (Lipinski definition) is 3. The van der Waals surface area contributed by atoms with Crippen LogP contribution in [-0.4, -0.2) is 16.9 Å². The second-order valence-corrected chi connectivity index (χ2v) is 4.29. The van der Waals surface area contributed by atoms with E-state index in [4.69, 9.17) is 22.4 Å². The molecule has 2 atom stereocenters. The van der Waals surface area contributed by atoms with Gasteiger partial charge in [0.1, 0.15) is 5.76 Å². The van der Waals surface area contributed by atoms with Gasteiger partial charge in [-0.2, -0.15) is 0 Å².